The monoisotopic (exact) mass is 776 g/mol. The summed E-state index contributed by atoms with van der Waals surface area (Å²) in [6.45, 7) is 1.89. The lowest BCUT2D eigenvalue weighted by atomic mass is 9.93. The largest absolute Gasteiger partial charge is 0.445 e. The Kier molecular flexibility index (Phi) is 14.4. The van der Waals surface area contributed by atoms with Crippen molar-refractivity contribution in [1.29, 1.82) is 0 Å². The van der Waals surface area contributed by atoms with E-state index in [1.165, 1.54) is 25.2 Å². The van der Waals surface area contributed by atoms with Crippen molar-refractivity contribution in [3.8, 4) is 0 Å². The van der Waals surface area contributed by atoms with E-state index in [1.54, 1.807) is 0 Å². The van der Waals surface area contributed by atoms with Gasteiger partial charge in [-0.2, -0.15) is 0 Å². The van der Waals surface area contributed by atoms with Crippen LogP contribution in [0.5, 0.6) is 0 Å². The van der Waals surface area contributed by atoms with Crippen molar-refractivity contribution in [3.63, 3.8) is 0 Å². The number of aliphatic hydroxyl groups excluding tert-OH is 1. The predicted octanol–water partition coefficient (Wildman–Crippen LogP) is 6.20. The Labute approximate surface area is 328 Å². The molecule has 0 aliphatic heterocycles. The molecule has 5 aromatic carbocycles. The Morgan fingerprint density at radius 2 is 1.16 bits per heavy atom. The fraction of sp³-hybridized carbons (Fsp3) is 0.250. The van der Waals surface area contributed by atoms with Gasteiger partial charge < -0.3 is 25.8 Å². The van der Waals surface area contributed by atoms with Gasteiger partial charge in [0, 0.05) is 24.2 Å². The first-order valence-corrected chi connectivity index (χ1v) is 20.2. The van der Waals surface area contributed by atoms with Crippen LogP contribution in [0.25, 0.3) is 0 Å². The number of nitrogens with one attached hydrogen (secondary N) is 3. The summed E-state index contributed by atoms with van der Waals surface area (Å²) in [7, 11) is -2.43. The van der Waals surface area contributed by atoms with Crippen LogP contribution in [0.1, 0.15) is 62.4 Å². The Morgan fingerprint density at radius 1 is 0.679 bits per heavy atom. The zero-order valence-electron chi connectivity index (χ0n) is 31.7. The van der Waals surface area contributed by atoms with Gasteiger partial charge in [-0.3, -0.25) is 13.9 Å². The fourth-order valence-corrected chi connectivity index (χ4v) is 6.72. The number of amides is 3. The van der Waals surface area contributed by atoms with Gasteiger partial charge in [-0.1, -0.05) is 121 Å². The quantitative estimate of drug-likeness (QED) is 0.0877. The number of ether oxygens (including phenoxy) is 1. The second-order valence-corrected chi connectivity index (χ2v) is 15.8. The number of carbonyl (C=O) groups excluding carboxylic acids is 3. The standard InChI is InChI=1S/C44H48N4O7S/c1-31(35-22-14-7-15-23-35)45-42(50)36-26-37(28-39(27-36)48(2)56(3,53)54)43(51)47-40(25-33-18-10-5-11-19-33)41(49)29-38(24-32-16-8-4-9-17-32)46-44(52)55-30-34-20-12-6-13-21-34/h4-23,26-28,31,38,40-41,49H,24-25,29-30H2,1-3H3,(H,45,50)(H,46,52)(H,47,51). The number of nitrogens with zero attached hydrogens (tertiary/aromatic N) is 1. The lowest BCUT2D eigenvalue weighted by molar-refractivity contribution is 0.0770. The number of hydrogen-bond acceptors (Lipinski definition) is 7. The second kappa shape index (κ2) is 19.6. The predicted molar refractivity (Wildman–Crippen MR) is 218 cm³/mol. The molecule has 0 aromatic heterocycles. The van der Waals surface area contributed by atoms with Crippen molar-refractivity contribution in [3.05, 3.63) is 173 Å². The number of carbonyl (C=O) groups is 3. The SMILES string of the molecule is CC(NC(=O)c1cc(C(=O)NC(Cc2ccccc2)C(O)CC(Cc2ccccc2)NC(=O)OCc2ccccc2)cc(N(C)S(C)(=O)=O)c1)c1ccccc1. The summed E-state index contributed by atoms with van der Waals surface area (Å²) in [5, 5.41) is 20.7. The maximum absolute atomic E-state index is 14.2. The number of alkyl carbamates (subject to hydrolysis) is 1. The lowest BCUT2D eigenvalue weighted by Gasteiger charge is -2.28. The minimum absolute atomic E-state index is 0.0178. The van der Waals surface area contributed by atoms with E-state index in [2.05, 4.69) is 16.0 Å². The molecule has 4 N–H and O–H groups in total. The fourth-order valence-electron chi connectivity index (χ4n) is 6.23. The molecular formula is C44H48N4O7S. The molecule has 0 saturated heterocycles. The van der Waals surface area contributed by atoms with Gasteiger partial charge in [-0.15, -0.1) is 0 Å². The average Bonchev–Trinajstić information content (AvgIpc) is 3.20. The normalized spacial score (nSPS) is 13.4. The molecule has 5 rings (SSSR count). The number of rotatable bonds is 17. The molecule has 12 heteroatoms. The Balaban J connectivity index is 1.41. The summed E-state index contributed by atoms with van der Waals surface area (Å²) in [4.78, 5) is 40.8. The van der Waals surface area contributed by atoms with Gasteiger partial charge in [0.25, 0.3) is 11.8 Å². The van der Waals surface area contributed by atoms with Crippen LogP contribution in [-0.4, -0.2) is 62.9 Å². The minimum Gasteiger partial charge on any atom is -0.445 e. The summed E-state index contributed by atoms with van der Waals surface area (Å²) in [5.41, 5.74) is 3.66. The molecule has 56 heavy (non-hydrogen) atoms. The molecule has 0 radical (unpaired) electrons. The van der Waals surface area contributed by atoms with Crippen molar-refractivity contribution in [2.24, 2.45) is 0 Å². The third-order valence-electron chi connectivity index (χ3n) is 9.42. The summed E-state index contributed by atoms with van der Waals surface area (Å²) in [6.07, 6.45) is -0.127. The summed E-state index contributed by atoms with van der Waals surface area (Å²) < 4.78 is 31.7. The van der Waals surface area contributed by atoms with Crippen LogP contribution in [-0.2, 0) is 34.2 Å². The molecule has 0 saturated carbocycles. The molecule has 0 spiro atoms. The maximum Gasteiger partial charge on any atom is 0.407 e. The molecule has 0 bridgehead atoms. The molecule has 5 aromatic rings. The summed E-state index contributed by atoms with van der Waals surface area (Å²) in [6, 6.07) is 39.9. The molecule has 0 aliphatic carbocycles. The Hall–Kier alpha value is -5.98. The van der Waals surface area contributed by atoms with Crippen LogP contribution in [0.4, 0.5) is 10.5 Å². The van der Waals surface area contributed by atoms with Gasteiger partial charge in [0.05, 0.1) is 30.1 Å². The number of sulfonamides is 1. The van der Waals surface area contributed by atoms with Crippen molar-refractivity contribution in [1.82, 2.24) is 16.0 Å². The number of anilines is 1. The third kappa shape index (κ3) is 12.3. The van der Waals surface area contributed by atoms with Gasteiger partial charge in [0.1, 0.15) is 6.61 Å². The first-order chi connectivity index (χ1) is 26.9. The molecule has 4 unspecified atom stereocenters. The highest BCUT2D eigenvalue weighted by atomic mass is 32.2. The van der Waals surface area contributed by atoms with Crippen LogP contribution in [0.3, 0.4) is 0 Å². The maximum atomic E-state index is 14.2. The first kappa shape index (κ1) is 41.2. The molecule has 4 atom stereocenters. The number of benzene rings is 5. The first-order valence-electron chi connectivity index (χ1n) is 18.3. The van der Waals surface area contributed by atoms with E-state index in [0.29, 0.717) is 6.42 Å². The van der Waals surface area contributed by atoms with E-state index in [1.807, 2.05) is 128 Å². The Bertz CT molecular complexity index is 2160. The van der Waals surface area contributed by atoms with Gasteiger partial charge in [-0.05, 0) is 66.6 Å². The molecule has 0 fully saturated rings. The van der Waals surface area contributed by atoms with E-state index < -0.39 is 46.1 Å². The second-order valence-electron chi connectivity index (χ2n) is 13.8. The van der Waals surface area contributed by atoms with Gasteiger partial charge in [0.2, 0.25) is 10.0 Å². The zero-order chi connectivity index (χ0) is 40.1. The third-order valence-corrected chi connectivity index (χ3v) is 10.6. The zero-order valence-corrected chi connectivity index (χ0v) is 32.5. The number of aliphatic hydroxyl groups is 1. The van der Waals surface area contributed by atoms with Crippen molar-refractivity contribution >= 4 is 33.6 Å². The molecule has 0 heterocycles. The van der Waals surface area contributed by atoms with Crippen LogP contribution in [0.2, 0.25) is 0 Å². The van der Waals surface area contributed by atoms with Crippen molar-refractivity contribution in [2.75, 3.05) is 17.6 Å². The summed E-state index contributed by atoms with van der Waals surface area (Å²) in [5.74, 6) is -1.14. The highest BCUT2D eigenvalue weighted by molar-refractivity contribution is 7.92. The number of hydrogen-bond donors (Lipinski definition) is 4. The minimum atomic E-state index is -3.77. The molecule has 292 valence electrons. The smallest absolute Gasteiger partial charge is 0.407 e. The molecule has 11 nitrogen and oxygen atoms in total. The Morgan fingerprint density at radius 3 is 1.70 bits per heavy atom. The lowest BCUT2D eigenvalue weighted by Crippen LogP contribution is -2.48. The van der Waals surface area contributed by atoms with Gasteiger partial charge in [-0.25, -0.2) is 13.2 Å². The van der Waals surface area contributed by atoms with E-state index in [-0.39, 0.29) is 42.3 Å². The van der Waals surface area contributed by atoms with E-state index in [0.717, 1.165) is 32.8 Å². The topological polar surface area (TPSA) is 154 Å². The molecule has 3 amide bonds. The van der Waals surface area contributed by atoms with Crippen molar-refractivity contribution < 1.29 is 32.6 Å². The molecular weight excluding hydrogens is 729 g/mol. The van der Waals surface area contributed by atoms with Gasteiger partial charge >= 0.3 is 6.09 Å². The van der Waals surface area contributed by atoms with Gasteiger partial charge in [0.15, 0.2) is 0 Å². The molecule has 0 aliphatic rings. The van der Waals surface area contributed by atoms with E-state index in [9.17, 15) is 27.9 Å². The summed E-state index contributed by atoms with van der Waals surface area (Å²) >= 11 is 0. The van der Waals surface area contributed by atoms with Crippen LogP contribution < -0.4 is 20.3 Å². The van der Waals surface area contributed by atoms with E-state index in [4.69, 9.17) is 4.74 Å². The average molecular weight is 777 g/mol. The highest BCUT2D eigenvalue weighted by Crippen LogP contribution is 2.23. The van der Waals surface area contributed by atoms with E-state index >= 15 is 0 Å². The van der Waals surface area contributed by atoms with Crippen molar-refractivity contribution in [2.45, 2.75) is 57.0 Å². The highest BCUT2D eigenvalue weighted by Gasteiger charge is 2.28. The van der Waals surface area contributed by atoms with Crippen LogP contribution in [0, 0.1) is 0 Å². The van der Waals surface area contributed by atoms with Crippen LogP contribution >= 0.6 is 0 Å². The van der Waals surface area contributed by atoms with Crippen LogP contribution in [0.15, 0.2) is 140 Å².